The molecule has 0 unspecified atom stereocenters. The van der Waals surface area contributed by atoms with E-state index >= 15 is 0 Å². The van der Waals surface area contributed by atoms with Crippen LogP contribution in [0.5, 0.6) is 0 Å². The van der Waals surface area contributed by atoms with Gasteiger partial charge < -0.3 is 10.2 Å². The highest BCUT2D eigenvalue weighted by molar-refractivity contribution is 6.28. The molecule has 0 aromatic carbocycles. The molecule has 0 saturated heterocycles. The Morgan fingerprint density at radius 2 is 2.22 bits per heavy atom. The van der Waals surface area contributed by atoms with Crippen LogP contribution >= 0.6 is 11.6 Å². The molecular weight excluding hydrogens is 258 g/mol. The van der Waals surface area contributed by atoms with Gasteiger partial charge >= 0.3 is 5.69 Å². The summed E-state index contributed by atoms with van der Waals surface area (Å²) in [5.74, 6) is 0.171. The highest BCUT2D eigenvalue weighted by Crippen LogP contribution is 2.21. The van der Waals surface area contributed by atoms with Crippen molar-refractivity contribution in [3.8, 4) is 0 Å². The number of aromatic nitrogens is 2. The van der Waals surface area contributed by atoms with E-state index in [0.29, 0.717) is 6.54 Å². The number of unbranched alkanes of at least 4 members (excludes halogenated alkanes) is 1. The Labute approximate surface area is 110 Å². The summed E-state index contributed by atoms with van der Waals surface area (Å²) in [5.41, 5.74) is -0.160. The minimum Gasteiger partial charge on any atom is -0.364 e. The Morgan fingerprint density at radius 3 is 2.83 bits per heavy atom. The number of nitrogens with one attached hydrogen (secondary N) is 1. The monoisotopic (exact) mass is 273 g/mol. The molecule has 0 aliphatic carbocycles. The second-order valence-electron chi connectivity index (χ2n) is 4.07. The molecule has 0 radical (unpaired) electrons. The number of anilines is 1. The molecule has 0 fully saturated rings. The van der Waals surface area contributed by atoms with Crippen molar-refractivity contribution >= 4 is 23.1 Å². The molecule has 0 atom stereocenters. The standard InChI is InChI=1S/C10H16ClN5O2/c1-15(2)6-4-3-5-12-9-8(16(17)18)7-13-10(11)14-9/h7H,3-6H2,1-2H3,(H,12,13,14). The van der Waals surface area contributed by atoms with Gasteiger partial charge in [-0.1, -0.05) is 0 Å². The maximum atomic E-state index is 10.7. The summed E-state index contributed by atoms with van der Waals surface area (Å²) >= 11 is 5.61. The van der Waals surface area contributed by atoms with Gasteiger partial charge in [0.05, 0.1) is 4.92 Å². The van der Waals surface area contributed by atoms with Crippen molar-refractivity contribution in [1.82, 2.24) is 14.9 Å². The van der Waals surface area contributed by atoms with Crippen LogP contribution in [-0.2, 0) is 0 Å². The van der Waals surface area contributed by atoms with E-state index < -0.39 is 4.92 Å². The van der Waals surface area contributed by atoms with Crippen LogP contribution in [0.15, 0.2) is 6.20 Å². The molecule has 1 aromatic heterocycles. The fourth-order valence-corrected chi connectivity index (χ4v) is 1.51. The summed E-state index contributed by atoms with van der Waals surface area (Å²) in [7, 11) is 4.00. The summed E-state index contributed by atoms with van der Waals surface area (Å²) in [6, 6.07) is 0. The maximum Gasteiger partial charge on any atom is 0.329 e. The first-order valence-electron chi connectivity index (χ1n) is 5.56. The van der Waals surface area contributed by atoms with Crippen LogP contribution in [-0.4, -0.2) is 47.0 Å². The van der Waals surface area contributed by atoms with E-state index in [0.717, 1.165) is 25.6 Å². The van der Waals surface area contributed by atoms with E-state index in [9.17, 15) is 10.1 Å². The van der Waals surface area contributed by atoms with Crippen LogP contribution in [0, 0.1) is 10.1 Å². The number of nitro groups is 1. The molecule has 7 nitrogen and oxygen atoms in total. The molecule has 0 aliphatic rings. The molecule has 1 heterocycles. The van der Waals surface area contributed by atoms with Crippen molar-refractivity contribution in [3.63, 3.8) is 0 Å². The highest BCUT2D eigenvalue weighted by Gasteiger charge is 2.16. The van der Waals surface area contributed by atoms with E-state index in [2.05, 4.69) is 20.2 Å². The molecular formula is C10H16ClN5O2. The van der Waals surface area contributed by atoms with Crippen LogP contribution in [0.3, 0.4) is 0 Å². The molecule has 0 bridgehead atoms. The van der Waals surface area contributed by atoms with Gasteiger partial charge in [-0.15, -0.1) is 0 Å². The van der Waals surface area contributed by atoms with Crippen molar-refractivity contribution < 1.29 is 4.92 Å². The van der Waals surface area contributed by atoms with Gasteiger partial charge in [0.1, 0.15) is 6.20 Å². The Bertz CT molecular complexity index is 413. The molecule has 18 heavy (non-hydrogen) atoms. The predicted molar refractivity (Wildman–Crippen MR) is 70.0 cm³/mol. The molecule has 0 spiro atoms. The average Bonchev–Trinajstić information content (AvgIpc) is 2.27. The Hall–Kier alpha value is -1.47. The van der Waals surface area contributed by atoms with Gasteiger partial charge in [0.25, 0.3) is 0 Å². The first-order chi connectivity index (χ1) is 8.50. The SMILES string of the molecule is CN(C)CCCCNc1nc(Cl)ncc1[N+](=O)[O-]. The highest BCUT2D eigenvalue weighted by atomic mass is 35.5. The second kappa shape index (κ2) is 7.07. The fourth-order valence-electron chi connectivity index (χ4n) is 1.38. The lowest BCUT2D eigenvalue weighted by molar-refractivity contribution is -0.384. The van der Waals surface area contributed by atoms with Crippen molar-refractivity contribution in [2.24, 2.45) is 0 Å². The van der Waals surface area contributed by atoms with Gasteiger partial charge in [0, 0.05) is 6.54 Å². The zero-order chi connectivity index (χ0) is 13.5. The number of halogens is 1. The van der Waals surface area contributed by atoms with E-state index in [1.54, 1.807) is 0 Å². The topological polar surface area (TPSA) is 84.2 Å². The molecule has 1 N–H and O–H groups in total. The van der Waals surface area contributed by atoms with Crippen molar-refractivity contribution in [2.75, 3.05) is 32.5 Å². The van der Waals surface area contributed by atoms with Crippen LogP contribution in [0.25, 0.3) is 0 Å². The predicted octanol–water partition coefficient (Wildman–Crippen LogP) is 1.79. The third-order valence-electron chi connectivity index (χ3n) is 2.26. The first kappa shape index (κ1) is 14.6. The lowest BCUT2D eigenvalue weighted by Crippen LogP contribution is -2.14. The van der Waals surface area contributed by atoms with E-state index in [1.165, 1.54) is 0 Å². The van der Waals surface area contributed by atoms with Gasteiger partial charge in [0.15, 0.2) is 0 Å². The lowest BCUT2D eigenvalue weighted by Gasteiger charge is -2.09. The van der Waals surface area contributed by atoms with Crippen molar-refractivity contribution in [1.29, 1.82) is 0 Å². The molecule has 0 saturated carbocycles. The molecule has 0 amide bonds. The molecule has 1 rings (SSSR count). The Balaban J connectivity index is 2.50. The molecule has 1 aromatic rings. The summed E-state index contributed by atoms with van der Waals surface area (Å²) in [5, 5.41) is 13.7. The van der Waals surface area contributed by atoms with E-state index in [-0.39, 0.29) is 16.8 Å². The van der Waals surface area contributed by atoms with Crippen LogP contribution < -0.4 is 5.32 Å². The summed E-state index contributed by atoms with van der Waals surface area (Å²) < 4.78 is 0. The Morgan fingerprint density at radius 1 is 1.50 bits per heavy atom. The average molecular weight is 274 g/mol. The van der Waals surface area contributed by atoms with E-state index in [4.69, 9.17) is 11.6 Å². The van der Waals surface area contributed by atoms with Gasteiger partial charge in [-0.25, -0.2) is 4.98 Å². The zero-order valence-electron chi connectivity index (χ0n) is 10.4. The smallest absolute Gasteiger partial charge is 0.329 e. The zero-order valence-corrected chi connectivity index (χ0v) is 11.1. The molecule has 8 heteroatoms. The number of nitrogens with zero attached hydrogens (tertiary/aromatic N) is 4. The van der Waals surface area contributed by atoms with Crippen LogP contribution in [0.4, 0.5) is 11.5 Å². The first-order valence-corrected chi connectivity index (χ1v) is 5.94. The normalized spacial score (nSPS) is 10.7. The summed E-state index contributed by atoms with van der Waals surface area (Å²) in [6.45, 7) is 1.59. The van der Waals surface area contributed by atoms with Gasteiger partial charge in [-0.3, -0.25) is 10.1 Å². The number of rotatable bonds is 7. The van der Waals surface area contributed by atoms with Gasteiger partial charge in [0.2, 0.25) is 11.1 Å². The maximum absolute atomic E-state index is 10.7. The van der Waals surface area contributed by atoms with Crippen molar-refractivity contribution in [2.45, 2.75) is 12.8 Å². The largest absolute Gasteiger partial charge is 0.364 e. The number of hydrogen-bond donors (Lipinski definition) is 1. The molecule has 100 valence electrons. The fraction of sp³-hybridized carbons (Fsp3) is 0.600. The lowest BCUT2D eigenvalue weighted by atomic mass is 10.3. The van der Waals surface area contributed by atoms with E-state index in [1.807, 2.05) is 14.1 Å². The number of hydrogen-bond acceptors (Lipinski definition) is 6. The van der Waals surface area contributed by atoms with Crippen LogP contribution in [0.2, 0.25) is 5.28 Å². The van der Waals surface area contributed by atoms with Crippen LogP contribution in [0.1, 0.15) is 12.8 Å². The van der Waals surface area contributed by atoms with Crippen molar-refractivity contribution in [3.05, 3.63) is 21.6 Å². The minimum absolute atomic E-state index is 0.00334. The summed E-state index contributed by atoms with van der Waals surface area (Å²) in [4.78, 5) is 19.7. The van der Waals surface area contributed by atoms with Gasteiger partial charge in [-0.2, -0.15) is 4.98 Å². The summed E-state index contributed by atoms with van der Waals surface area (Å²) in [6.07, 6.45) is 3.01. The molecule has 0 aliphatic heterocycles. The Kier molecular flexibility index (Phi) is 5.73. The third kappa shape index (κ3) is 4.80. The third-order valence-corrected chi connectivity index (χ3v) is 2.44. The van der Waals surface area contributed by atoms with Gasteiger partial charge in [-0.05, 0) is 45.1 Å². The quantitative estimate of drug-likeness (QED) is 0.353. The minimum atomic E-state index is -0.529. The second-order valence-corrected chi connectivity index (χ2v) is 4.41.